The number of nitrogens with two attached hydrogens (primary N) is 1. The molecule has 0 saturated carbocycles. The Kier molecular flexibility index (Phi) is 4.34. The van der Waals surface area contributed by atoms with Crippen molar-refractivity contribution in [2.24, 2.45) is 0 Å². The minimum Gasteiger partial charge on any atom is -0.398 e. The van der Waals surface area contributed by atoms with Gasteiger partial charge in [-0.3, -0.25) is 4.79 Å². The Bertz CT molecular complexity index is 638. The number of rotatable bonds is 3. The molecule has 0 spiro atoms. The molecule has 3 N–H and O–H groups in total. The summed E-state index contributed by atoms with van der Waals surface area (Å²) in [5.41, 5.74) is 6.77. The molecule has 3 nitrogen and oxygen atoms in total. The molecule has 0 aliphatic carbocycles. The number of nitrogen functional groups attached to an aromatic ring is 1. The number of carbonyl (C=O) groups excluding carboxylic acids is 1. The zero-order valence-corrected chi connectivity index (χ0v) is 11.9. The largest absolute Gasteiger partial charge is 0.398 e. The van der Waals surface area contributed by atoms with Gasteiger partial charge in [0.2, 0.25) is 5.91 Å². The lowest BCUT2D eigenvalue weighted by molar-refractivity contribution is -0.115. The summed E-state index contributed by atoms with van der Waals surface area (Å²) in [5.74, 6) is -2.00. The molecule has 2 rings (SSSR count). The van der Waals surface area contributed by atoms with E-state index in [9.17, 15) is 13.6 Å². The maximum Gasteiger partial charge on any atom is 0.228 e. The van der Waals surface area contributed by atoms with E-state index in [2.05, 4.69) is 21.2 Å². The number of anilines is 2. The van der Waals surface area contributed by atoms with E-state index < -0.39 is 17.5 Å². The Labute approximate surface area is 122 Å². The van der Waals surface area contributed by atoms with Crippen molar-refractivity contribution >= 4 is 33.2 Å². The van der Waals surface area contributed by atoms with Crippen LogP contribution in [0.1, 0.15) is 5.56 Å². The Morgan fingerprint density at radius 1 is 1.25 bits per heavy atom. The number of benzene rings is 2. The molecule has 20 heavy (non-hydrogen) atoms. The zero-order valence-electron chi connectivity index (χ0n) is 10.3. The van der Waals surface area contributed by atoms with Crippen LogP contribution in [0.15, 0.2) is 40.9 Å². The van der Waals surface area contributed by atoms with Crippen LogP contribution in [0.25, 0.3) is 0 Å². The highest BCUT2D eigenvalue weighted by atomic mass is 79.9. The molecule has 104 valence electrons. The van der Waals surface area contributed by atoms with Crippen molar-refractivity contribution in [2.45, 2.75) is 6.42 Å². The highest BCUT2D eigenvalue weighted by Crippen LogP contribution is 2.27. The number of hydrogen-bond donors (Lipinski definition) is 2. The second-order valence-electron chi connectivity index (χ2n) is 4.17. The quantitative estimate of drug-likeness (QED) is 0.840. The van der Waals surface area contributed by atoms with Crippen LogP contribution in [0, 0.1) is 11.6 Å². The van der Waals surface area contributed by atoms with E-state index in [1.807, 2.05) is 0 Å². The average Bonchev–Trinajstić information content (AvgIpc) is 2.36. The zero-order chi connectivity index (χ0) is 14.7. The highest BCUT2D eigenvalue weighted by molar-refractivity contribution is 9.10. The maximum atomic E-state index is 13.6. The summed E-state index contributed by atoms with van der Waals surface area (Å²) in [4.78, 5) is 11.9. The first-order valence-corrected chi connectivity index (χ1v) is 6.54. The van der Waals surface area contributed by atoms with Gasteiger partial charge < -0.3 is 11.1 Å². The number of nitrogens with one attached hydrogen (secondary N) is 1. The molecule has 0 heterocycles. The second kappa shape index (κ2) is 6.00. The second-order valence-corrected chi connectivity index (χ2v) is 5.02. The average molecular weight is 341 g/mol. The van der Waals surface area contributed by atoms with E-state index in [-0.39, 0.29) is 16.6 Å². The minimum atomic E-state index is -0.841. The number of halogens is 3. The van der Waals surface area contributed by atoms with Crippen molar-refractivity contribution < 1.29 is 13.6 Å². The van der Waals surface area contributed by atoms with Gasteiger partial charge in [0.25, 0.3) is 0 Å². The summed E-state index contributed by atoms with van der Waals surface area (Å²) < 4.78 is 26.7. The van der Waals surface area contributed by atoms with E-state index in [0.29, 0.717) is 17.3 Å². The Morgan fingerprint density at radius 3 is 2.60 bits per heavy atom. The van der Waals surface area contributed by atoms with Crippen LogP contribution >= 0.6 is 15.9 Å². The van der Waals surface area contributed by atoms with E-state index in [1.165, 1.54) is 0 Å². The molecule has 2 aromatic rings. The van der Waals surface area contributed by atoms with Crippen LogP contribution in [-0.4, -0.2) is 5.91 Å². The van der Waals surface area contributed by atoms with Gasteiger partial charge in [-0.1, -0.05) is 18.2 Å². The lowest BCUT2D eigenvalue weighted by Crippen LogP contribution is -2.16. The fourth-order valence-corrected chi connectivity index (χ4v) is 2.22. The van der Waals surface area contributed by atoms with Gasteiger partial charge in [-0.25, -0.2) is 8.78 Å². The van der Waals surface area contributed by atoms with Gasteiger partial charge >= 0.3 is 0 Å². The molecule has 1 amide bonds. The minimum absolute atomic E-state index is 0.00985. The number of carbonyl (C=O) groups is 1. The summed E-state index contributed by atoms with van der Waals surface area (Å²) in [5, 5.41) is 2.40. The third kappa shape index (κ3) is 3.33. The maximum absolute atomic E-state index is 13.6. The number of amides is 1. The Balaban J connectivity index is 2.15. The molecule has 0 bridgehead atoms. The molecule has 0 unspecified atom stereocenters. The lowest BCUT2D eigenvalue weighted by Gasteiger charge is -2.10. The van der Waals surface area contributed by atoms with E-state index in [0.717, 1.165) is 6.07 Å². The molecule has 0 radical (unpaired) electrons. The fraction of sp³-hybridized carbons (Fsp3) is 0.0714. The third-order valence-electron chi connectivity index (χ3n) is 2.68. The fourth-order valence-electron chi connectivity index (χ4n) is 1.71. The van der Waals surface area contributed by atoms with E-state index >= 15 is 0 Å². The van der Waals surface area contributed by atoms with Crippen LogP contribution in [-0.2, 0) is 11.2 Å². The van der Waals surface area contributed by atoms with Crippen LogP contribution in [0.3, 0.4) is 0 Å². The van der Waals surface area contributed by atoms with Gasteiger partial charge in [-0.05, 0) is 33.6 Å². The summed E-state index contributed by atoms with van der Waals surface area (Å²) in [6.45, 7) is 0. The first kappa shape index (κ1) is 14.5. The Hall–Kier alpha value is -1.95. The summed E-state index contributed by atoms with van der Waals surface area (Å²) in [6, 6.07) is 8.69. The van der Waals surface area contributed by atoms with Crippen LogP contribution < -0.4 is 11.1 Å². The van der Waals surface area contributed by atoms with Crippen molar-refractivity contribution in [1.82, 2.24) is 0 Å². The molecule has 0 aromatic heterocycles. The van der Waals surface area contributed by atoms with Crippen molar-refractivity contribution in [3.63, 3.8) is 0 Å². The first-order valence-electron chi connectivity index (χ1n) is 5.75. The van der Waals surface area contributed by atoms with Gasteiger partial charge in [-0.15, -0.1) is 0 Å². The SMILES string of the molecule is Nc1ccccc1CC(=O)Nc1c(F)cc(F)cc1Br. The predicted octanol–water partition coefficient (Wildman–Crippen LogP) is 3.49. The van der Waals surface area contributed by atoms with Crippen LogP contribution in [0.2, 0.25) is 0 Å². The smallest absolute Gasteiger partial charge is 0.228 e. The van der Waals surface area contributed by atoms with Crippen LogP contribution in [0.4, 0.5) is 20.2 Å². The molecule has 6 heteroatoms. The molecule has 0 aliphatic rings. The number of hydrogen-bond acceptors (Lipinski definition) is 2. The lowest BCUT2D eigenvalue weighted by atomic mass is 10.1. The summed E-state index contributed by atoms with van der Waals surface area (Å²) in [6.07, 6.45) is 0.00985. The molecule has 0 fully saturated rings. The molecule has 2 aromatic carbocycles. The van der Waals surface area contributed by atoms with Crippen molar-refractivity contribution in [3.05, 3.63) is 58.1 Å². The van der Waals surface area contributed by atoms with Gasteiger partial charge in [0, 0.05) is 16.2 Å². The predicted molar refractivity (Wildman–Crippen MR) is 77.2 cm³/mol. The topological polar surface area (TPSA) is 55.1 Å². The van der Waals surface area contributed by atoms with Crippen molar-refractivity contribution in [3.8, 4) is 0 Å². The standard InChI is InChI=1S/C14H11BrF2N2O/c15-10-6-9(16)7-11(17)14(10)19-13(20)5-8-3-1-2-4-12(8)18/h1-4,6-7H,5,18H2,(H,19,20). The van der Waals surface area contributed by atoms with Crippen LogP contribution in [0.5, 0.6) is 0 Å². The number of para-hydroxylation sites is 1. The molecule has 0 saturated heterocycles. The van der Waals surface area contributed by atoms with Crippen molar-refractivity contribution in [2.75, 3.05) is 11.1 Å². The molecule has 0 atom stereocenters. The Morgan fingerprint density at radius 2 is 1.95 bits per heavy atom. The molecular weight excluding hydrogens is 330 g/mol. The summed E-state index contributed by atoms with van der Waals surface area (Å²) in [7, 11) is 0. The van der Waals surface area contributed by atoms with E-state index in [4.69, 9.17) is 5.73 Å². The highest BCUT2D eigenvalue weighted by Gasteiger charge is 2.13. The molecular formula is C14H11BrF2N2O. The van der Waals surface area contributed by atoms with Gasteiger partial charge in [0.1, 0.15) is 5.82 Å². The first-order chi connectivity index (χ1) is 9.47. The monoisotopic (exact) mass is 340 g/mol. The third-order valence-corrected chi connectivity index (χ3v) is 3.30. The van der Waals surface area contributed by atoms with Gasteiger partial charge in [0.15, 0.2) is 5.82 Å². The normalized spacial score (nSPS) is 10.3. The van der Waals surface area contributed by atoms with E-state index in [1.54, 1.807) is 24.3 Å². The summed E-state index contributed by atoms with van der Waals surface area (Å²) >= 11 is 3.01. The van der Waals surface area contributed by atoms with Gasteiger partial charge in [0.05, 0.1) is 12.1 Å². The van der Waals surface area contributed by atoms with Crippen molar-refractivity contribution in [1.29, 1.82) is 0 Å². The van der Waals surface area contributed by atoms with Gasteiger partial charge in [-0.2, -0.15) is 0 Å². The molecule has 0 aliphatic heterocycles.